The molecular weight excluding hydrogens is 410 g/mol. The number of aldehydes is 1. The summed E-state index contributed by atoms with van der Waals surface area (Å²) in [5.41, 5.74) is 8.05. The van der Waals surface area contributed by atoms with Gasteiger partial charge < -0.3 is 10.5 Å². The van der Waals surface area contributed by atoms with E-state index in [-0.39, 0.29) is 5.04 Å². The quantitative estimate of drug-likeness (QED) is 0.166. The summed E-state index contributed by atoms with van der Waals surface area (Å²) in [5, 5.41) is 1.65. The van der Waals surface area contributed by atoms with E-state index < -0.39 is 8.32 Å². The van der Waals surface area contributed by atoms with Crippen LogP contribution in [0.1, 0.15) is 32.3 Å². The lowest BCUT2D eigenvalue weighted by molar-refractivity contribution is -0.104. The molecule has 0 aliphatic rings. The van der Waals surface area contributed by atoms with Crippen molar-refractivity contribution in [2.24, 2.45) is 0 Å². The van der Waals surface area contributed by atoms with E-state index in [2.05, 4.69) is 13.8 Å². The molecule has 0 amide bonds. The molecule has 0 aromatic heterocycles. The van der Waals surface area contributed by atoms with Crippen molar-refractivity contribution >= 4 is 36.7 Å². The van der Waals surface area contributed by atoms with Gasteiger partial charge in [-0.15, -0.1) is 0 Å². The third-order valence-electron chi connectivity index (χ3n) is 6.05. The Balaban J connectivity index is 1.82. The molecule has 0 atom stereocenters. The van der Waals surface area contributed by atoms with Crippen LogP contribution in [-0.4, -0.2) is 19.4 Å². The van der Waals surface area contributed by atoms with Crippen molar-refractivity contribution in [2.45, 2.75) is 31.7 Å². The second kappa shape index (κ2) is 10.4. The van der Waals surface area contributed by atoms with E-state index in [1.165, 1.54) is 0 Å². The molecule has 0 saturated heterocycles. The summed E-state index contributed by atoms with van der Waals surface area (Å²) in [5.74, 6) is 0. The first kappa shape index (κ1) is 23.5. The highest BCUT2D eigenvalue weighted by Crippen LogP contribution is 2.40. The fourth-order valence-corrected chi connectivity index (χ4v) is 7.79. The number of nitrogen functional groups attached to an aromatic ring is 1. The highest BCUT2D eigenvalue weighted by atomic mass is 28.4. The van der Waals surface area contributed by atoms with Gasteiger partial charge in [-0.1, -0.05) is 105 Å². The largest absolute Gasteiger partial charge is 0.424 e. The summed E-state index contributed by atoms with van der Waals surface area (Å²) in [6.07, 6.45) is 8.01. The zero-order valence-electron chi connectivity index (χ0n) is 18.7. The minimum Gasteiger partial charge on any atom is -0.424 e. The first-order valence-corrected chi connectivity index (χ1v) is 12.8. The number of hydrogen-bond acceptors (Lipinski definition) is 3. The molecule has 164 valence electrons. The molecule has 4 heteroatoms. The highest BCUT2D eigenvalue weighted by molar-refractivity contribution is 6.98. The van der Waals surface area contributed by atoms with Crippen molar-refractivity contribution in [1.82, 2.24) is 0 Å². The van der Waals surface area contributed by atoms with Crippen molar-refractivity contribution < 1.29 is 9.59 Å². The van der Waals surface area contributed by atoms with E-state index in [0.29, 0.717) is 17.7 Å². The second-order valence-electron chi connectivity index (χ2n) is 8.69. The Morgan fingerprint density at radius 2 is 1.44 bits per heavy atom. The van der Waals surface area contributed by atoms with Crippen LogP contribution in [0, 0.1) is 0 Å². The van der Waals surface area contributed by atoms with E-state index in [4.69, 9.17) is 5.73 Å². The molecular formula is C28H31NO2Si. The average Bonchev–Trinajstić information content (AvgIpc) is 2.82. The van der Waals surface area contributed by atoms with Crippen molar-refractivity contribution in [3.63, 3.8) is 0 Å². The molecule has 0 aliphatic heterocycles. The monoisotopic (exact) mass is 441 g/mol. The second-order valence-corrected chi connectivity index (χ2v) is 12.6. The highest BCUT2D eigenvalue weighted by Gasteiger charge is 2.49. The molecule has 0 heterocycles. The molecule has 0 bridgehead atoms. The number of anilines is 1. The fourth-order valence-electron chi connectivity index (χ4n) is 4.04. The van der Waals surface area contributed by atoms with Crippen LogP contribution in [0.5, 0.6) is 0 Å². The zero-order valence-corrected chi connectivity index (χ0v) is 19.7. The van der Waals surface area contributed by atoms with E-state index >= 15 is 0 Å². The number of hydrogen-bond donors (Lipinski definition) is 2. The van der Waals surface area contributed by atoms with Crippen LogP contribution in [0.15, 0.2) is 103 Å². The number of nitrogens with two attached hydrogens (primary N) is 1. The number of rotatable bonds is 9. The molecule has 0 radical (unpaired) electrons. The van der Waals surface area contributed by atoms with Gasteiger partial charge in [-0.3, -0.25) is 4.79 Å². The maximum absolute atomic E-state index is 12.2. The van der Waals surface area contributed by atoms with Gasteiger partial charge in [0.1, 0.15) is 6.29 Å². The summed E-state index contributed by atoms with van der Waals surface area (Å²) in [6, 6.07) is 27.5. The van der Waals surface area contributed by atoms with Crippen LogP contribution in [0.4, 0.5) is 5.69 Å². The van der Waals surface area contributed by atoms with Gasteiger partial charge in [0.15, 0.2) is 0 Å². The van der Waals surface area contributed by atoms with Crippen molar-refractivity contribution in [1.29, 1.82) is 0 Å². The van der Waals surface area contributed by atoms with Gasteiger partial charge in [0, 0.05) is 11.3 Å². The fraction of sp³-hybridized carbons (Fsp3) is 0.179. The standard InChI is InChI=1S/C28H31NO2Si/c1-28(2,21-9-10-24(22-30)16-15-23-17-19-25(29)20-18-23)32(31,26-11-5-3-6-12-26)27-13-7-4-8-14-27/h3-8,10-20,22,31H,9,21,29H2,1-2H3/b16-15+,24-10+. The minimum absolute atomic E-state index is 0.346. The van der Waals surface area contributed by atoms with Gasteiger partial charge in [0.05, 0.1) is 0 Å². The SMILES string of the molecule is CC(C)(CC/C=C(C=O)\C=C\c1ccc(N)cc1)[Si](O)(c1ccccc1)c1ccccc1. The van der Waals surface area contributed by atoms with Gasteiger partial charge in [0.2, 0.25) is 0 Å². The lowest BCUT2D eigenvalue weighted by atomic mass is 10.0. The van der Waals surface area contributed by atoms with Gasteiger partial charge in [-0.25, -0.2) is 0 Å². The maximum Gasteiger partial charge on any atom is 0.258 e. The topological polar surface area (TPSA) is 63.3 Å². The van der Waals surface area contributed by atoms with E-state index in [9.17, 15) is 9.59 Å². The van der Waals surface area contributed by atoms with Gasteiger partial charge >= 0.3 is 0 Å². The van der Waals surface area contributed by atoms with E-state index in [0.717, 1.165) is 28.6 Å². The lowest BCUT2D eigenvalue weighted by Gasteiger charge is -2.41. The van der Waals surface area contributed by atoms with Gasteiger partial charge in [-0.2, -0.15) is 0 Å². The molecule has 0 aliphatic carbocycles. The first-order valence-electron chi connectivity index (χ1n) is 10.9. The zero-order chi connectivity index (χ0) is 23.0. The lowest BCUT2D eigenvalue weighted by Crippen LogP contribution is -2.65. The van der Waals surface area contributed by atoms with Crippen molar-refractivity contribution in [2.75, 3.05) is 5.73 Å². The maximum atomic E-state index is 12.2. The number of carbonyl (C=O) groups is 1. The molecule has 0 spiro atoms. The Kier molecular flexibility index (Phi) is 7.62. The Bertz CT molecular complexity index is 1030. The molecule has 3 N–H and O–H groups in total. The summed E-state index contributed by atoms with van der Waals surface area (Å²) in [6.45, 7) is 4.27. The minimum atomic E-state index is -3.04. The van der Waals surface area contributed by atoms with Gasteiger partial charge in [-0.05, 0) is 45.9 Å². The summed E-state index contributed by atoms with van der Waals surface area (Å²) in [7, 11) is -3.04. The third-order valence-corrected chi connectivity index (χ3v) is 10.6. The van der Waals surface area contributed by atoms with Crippen LogP contribution in [0.25, 0.3) is 6.08 Å². The van der Waals surface area contributed by atoms with E-state index in [1.54, 1.807) is 0 Å². The van der Waals surface area contributed by atoms with Crippen LogP contribution in [-0.2, 0) is 4.79 Å². The van der Waals surface area contributed by atoms with Crippen LogP contribution in [0.2, 0.25) is 5.04 Å². The van der Waals surface area contributed by atoms with Crippen LogP contribution >= 0.6 is 0 Å². The first-order chi connectivity index (χ1) is 15.4. The summed E-state index contributed by atoms with van der Waals surface area (Å²) >= 11 is 0. The van der Waals surface area contributed by atoms with E-state index in [1.807, 2.05) is 103 Å². The molecule has 32 heavy (non-hydrogen) atoms. The molecule has 3 aromatic carbocycles. The molecule has 0 unspecified atom stereocenters. The molecule has 0 saturated carbocycles. The molecule has 3 nitrogen and oxygen atoms in total. The Morgan fingerprint density at radius 1 is 0.906 bits per heavy atom. The number of benzene rings is 3. The predicted molar refractivity (Wildman–Crippen MR) is 137 cm³/mol. The summed E-state index contributed by atoms with van der Waals surface area (Å²) in [4.78, 5) is 23.8. The molecule has 3 rings (SSSR count). The van der Waals surface area contributed by atoms with Crippen molar-refractivity contribution in [3.05, 3.63) is 108 Å². The van der Waals surface area contributed by atoms with Crippen molar-refractivity contribution in [3.8, 4) is 0 Å². The predicted octanol–water partition coefficient (Wildman–Crippen LogP) is 4.72. The Morgan fingerprint density at radius 3 is 1.94 bits per heavy atom. The molecule has 0 fully saturated rings. The number of carbonyl (C=O) groups excluding carboxylic acids is 1. The van der Waals surface area contributed by atoms with Gasteiger partial charge in [0.25, 0.3) is 8.32 Å². The third kappa shape index (κ3) is 5.33. The smallest absolute Gasteiger partial charge is 0.258 e. The Labute approximate surface area is 192 Å². The number of allylic oxidation sites excluding steroid dienone is 3. The normalized spacial score (nSPS) is 12.8. The average molecular weight is 442 g/mol. The van der Waals surface area contributed by atoms with Crippen LogP contribution in [0.3, 0.4) is 0 Å². The summed E-state index contributed by atoms with van der Waals surface area (Å²) < 4.78 is 0. The Hall–Kier alpha value is -3.21. The van der Waals surface area contributed by atoms with Crippen LogP contribution < -0.4 is 16.1 Å². The molecule has 3 aromatic rings.